The Balaban J connectivity index is 0.911. The van der Waals surface area contributed by atoms with E-state index in [-0.39, 0.29) is 0 Å². The average Bonchev–Trinajstić information content (AvgIpc) is 4.13. The van der Waals surface area contributed by atoms with Crippen LogP contribution in [0.15, 0.2) is 194 Å². The van der Waals surface area contributed by atoms with E-state index in [1.165, 1.54) is 93.4 Å². The summed E-state index contributed by atoms with van der Waals surface area (Å²) in [6.45, 7) is 0. The van der Waals surface area contributed by atoms with Gasteiger partial charge in [0, 0.05) is 84.3 Å². The minimum absolute atomic E-state index is 0.656. The summed E-state index contributed by atoms with van der Waals surface area (Å²) in [6.07, 6.45) is 0. The Morgan fingerprint density at radius 3 is 1.62 bits per heavy atom. The second-order valence-electron chi connectivity index (χ2n) is 16.3. The summed E-state index contributed by atoms with van der Waals surface area (Å²) in [6, 6.07) is 70.0. The lowest BCUT2D eigenvalue weighted by Crippen LogP contribution is -2.00. The summed E-state index contributed by atoms with van der Waals surface area (Å²) in [5.41, 5.74) is 8.89. The highest BCUT2D eigenvalue weighted by atomic mass is 32.1. The molecule has 9 aromatic carbocycles. The van der Waals surface area contributed by atoms with Crippen molar-refractivity contribution in [1.82, 2.24) is 19.5 Å². The van der Waals surface area contributed by atoms with Gasteiger partial charge in [-0.1, -0.05) is 133 Å². The smallest absolute Gasteiger partial charge is 0.164 e. The summed E-state index contributed by atoms with van der Waals surface area (Å²) in [5.74, 6) is 1.97. The van der Waals surface area contributed by atoms with Crippen molar-refractivity contribution in [3.05, 3.63) is 194 Å². The van der Waals surface area contributed by atoms with Crippen LogP contribution in [0.5, 0.6) is 0 Å². The van der Waals surface area contributed by atoms with Crippen molar-refractivity contribution in [3.8, 4) is 51.0 Å². The number of hydrogen-bond acceptors (Lipinski definition) is 6. The first kappa shape index (κ1) is 36.0. The fourth-order valence-electron chi connectivity index (χ4n) is 9.67. The van der Waals surface area contributed by atoms with Gasteiger partial charge >= 0.3 is 0 Å². The lowest BCUT2D eigenvalue weighted by atomic mass is 10.0. The van der Waals surface area contributed by atoms with Gasteiger partial charge in [0.2, 0.25) is 0 Å². The van der Waals surface area contributed by atoms with Gasteiger partial charge in [-0.2, -0.15) is 0 Å². The molecule has 0 saturated carbocycles. The van der Waals surface area contributed by atoms with Crippen molar-refractivity contribution in [1.29, 1.82) is 0 Å². The first-order chi connectivity index (χ1) is 31.7. The molecule has 0 atom stereocenters. The molecule has 0 amide bonds. The Morgan fingerprint density at radius 1 is 0.297 bits per heavy atom. The molecule has 7 heteroatoms. The van der Waals surface area contributed by atoms with Gasteiger partial charge < -0.3 is 4.57 Å². The lowest BCUT2D eigenvalue weighted by molar-refractivity contribution is 1.07. The summed E-state index contributed by atoms with van der Waals surface area (Å²) < 4.78 is 10.4. The maximum atomic E-state index is 5.05. The van der Waals surface area contributed by atoms with Crippen LogP contribution < -0.4 is 0 Å². The first-order valence-corrected chi connectivity index (χ1v) is 23.8. The minimum Gasteiger partial charge on any atom is -0.309 e. The standard InChI is InChI=1S/C57H32N4S3/c1-3-12-33(13-4-1)55-58-56(34-14-5-2-6-15-34)60-57(59-55)36-23-28-50-45(31-36)46-32-37(24-29-51(46)62-50)61-47-20-9-7-16-39(47)44-30-35(22-27-48(44)61)38-18-11-19-41-43-26-25-42-40-17-8-10-21-49(40)63-53(42)54(43)64-52(38)41/h1-32H. The topological polar surface area (TPSA) is 43.6 Å². The highest BCUT2D eigenvalue weighted by Crippen LogP contribution is 2.47. The van der Waals surface area contributed by atoms with Gasteiger partial charge in [-0.15, -0.1) is 34.0 Å². The van der Waals surface area contributed by atoms with Gasteiger partial charge in [-0.25, -0.2) is 15.0 Å². The molecule has 5 aromatic heterocycles. The predicted octanol–water partition coefficient (Wildman–Crippen LogP) is 16.7. The minimum atomic E-state index is 0.656. The first-order valence-electron chi connectivity index (χ1n) is 21.3. The van der Waals surface area contributed by atoms with Crippen molar-refractivity contribution in [3.63, 3.8) is 0 Å². The highest BCUT2D eigenvalue weighted by molar-refractivity contribution is 7.33. The van der Waals surface area contributed by atoms with Gasteiger partial charge in [0.25, 0.3) is 0 Å². The Hall–Kier alpha value is -7.55. The van der Waals surface area contributed by atoms with E-state index >= 15 is 0 Å². The van der Waals surface area contributed by atoms with Crippen molar-refractivity contribution in [2.45, 2.75) is 0 Å². The molecule has 0 N–H and O–H groups in total. The van der Waals surface area contributed by atoms with E-state index < -0.39 is 0 Å². The zero-order valence-electron chi connectivity index (χ0n) is 34.0. The van der Waals surface area contributed by atoms with Crippen LogP contribution in [-0.4, -0.2) is 19.5 Å². The molecule has 0 spiro atoms. The molecular weight excluding hydrogens is 837 g/mol. The van der Waals surface area contributed by atoms with Gasteiger partial charge in [0.1, 0.15) is 0 Å². The van der Waals surface area contributed by atoms with Crippen LogP contribution in [0.4, 0.5) is 0 Å². The molecule has 14 aromatic rings. The quantitative estimate of drug-likeness (QED) is 0.173. The van der Waals surface area contributed by atoms with E-state index in [9.17, 15) is 0 Å². The molecule has 0 fully saturated rings. The number of thiophene rings is 3. The molecule has 64 heavy (non-hydrogen) atoms. The van der Waals surface area contributed by atoms with Crippen LogP contribution in [0.1, 0.15) is 0 Å². The number of rotatable bonds is 5. The maximum absolute atomic E-state index is 5.05. The van der Waals surface area contributed by atoms with E-state index in [1.807, 2.05) is 70.4 Å². The fraction of sp³-hybridized carbons (Fsp3) is 0. The highest BCUT2D eigenvalue weighted by Gasteiger charge is 2.19. The molecule has 0 aliphatic carbocycles. The summed E-state index contributed by atoms with van der Waals surface area (Å²) in [7, 11) is 0. The Kier molecular flexibility index (Phi) is 7.86. The third-order valence-electron chi connectivity index (χ3n) is 12.7. The van der Waals surface area contributed by atoms with Gasteiger partial charge in [0.05, 0.1) is 20.4 Å². The summed E-state index contributed by atoms with van der Waals surface area (Å²) >= 11 is 5.67. The molecule has 0 aliphatic heterocycles. The van der Waals surface area contributed by atoms with Gasteiger partial charge in [-0.05, 0) is 71.8 Å². The second-order valence-corrected chi connectivity index (χ2v) is 19.5. The number of benzene rings is 9. The Labute approximate surface area is 378 Å². The van der Waals surface area contributed by atoms with E-state index in [4.69, 9.17) is 15.0 Å². The number of aromatic nitrogens is 4. The molecule has 0 aliphatic rings. The van der Waals surface area contributed by atoms with E-state index in [1.54, 1.807) is 0 Å². The van der Waals surface area contributed by atoms with Crippen LogP contribution in [0.2, 0.25) is 0 Å². The van der Waals surface area contributed by atoms with Crippen LogP contribution in [0.25, 0.3) is 133 Å². The molecule has 0 bridgehead atoms. The van der Waals surface area contributed by atoms with E-state index in [2.05, 4.69) is 162 Å². The monoisotopic (exact) mass is 868 g/mol. The number of fused-ring (bicyclic) bond motifs is 13. The molecule has 5 heterocycles. The third-order valence-corrected chi connectivity index (χ3v) is 16.4. The van der Waals surface area contributed by atoms with Crippen molar-refractivity contribution >= 4 is 116 Å². The molecular formula is C57H32N4S3. The summed E-state index contributed by atoms with van der Waals surface area (Å²) in [5, 5.41) is 10.2. The van der Waals surface area contributed by atoms with Gasteiger partial charge in [-0.3, -0.25) is 0 Å². The predicted molar refractivity (Wildman–Crippen MR) is 275 cm³/mol. The largest absolute Gasteiger partial charge is 0.309 e. The molecule has 298 valence electrons. The number of nitrogens with zero attached hydrogens (tertiary/aromatic N) is 4. The molecule has 0 unspecified atom stereocenters. The normalized spacial score (nSPS) is 12.1. The van der Waals surface area contributed by atoms with Crippen LogP contribution >= 0.6 is 34.0 Å². The van der Waals surface area contributed by atoms with Crippen LogP contribution in [0.3, 0.4) is 0 Å². The molecule has 4 nitrogen and oxygen atoms in total. The Bertz CT molecular complexity index is 4140. The van der Waals surface area contributed by atoms with Crippen LogP contribution in [0, 0.1) is 0 Å². The third kappa shape index (κ3) is 5.48. The van der Waals surface area contributed by atoms with E-state index in [0.717, 1.165) is 22.4 Å². The molecule has 14 rings (SSSR count). The summed E-state index contributed by atoms with van der Waals surface area (Å²) in [4.78, 5) is 15.0. The zero-order valence-corrected chi connectivity index (χ0v) is 36.4. The second kappa shape index (κ2) is 14.0. The molecule has 0 radical (unpaired) electrons. The SMILES string of the molecule is c1ccc(-c2nc(-c3ccccc3)nc(-c3ccc4sc5ccc(-n6c7ccccc7c7cc(-c8cccc9c8sc8c9ccc9c%10ccccc%10sc98)ccc76)cc5c4c3)n2)cc1. The lowest BCUT2D eigenvalue weighted by Gasteiger charge is -2.10. The van der Waals surface area contributed by atoms with E-state index in [0.29, 0.717) is 17.5 Å². The van der Waals surface area contributed by atoms with Crippen molar-refractivity contribution < 1.29 is 0 Å². The average molecular weight is 869 g/mol. The van der Waals surface area contributed by atoms with Gasteiger partial charge in [0.15, 0.2) is 17.5 Å². The zero-order chi connectivity index (χ0) is 41.9. The number of hydrogen-bond donors (Lipinski definition) is 0. The van der Waals surface area contributed by atoms with Crippen molar-refractivity contribution in [2.75, 3.05) is 0 Å². The fourth-order valence-corrected chi connectivity index (χ4v) is 13.4. The maximum Gasteiger partial charge on any atom is 0.164 e. The molecule has 0 saturated heterocycles. The van der Waals surface area contributed by atoms with Crippen molar-refractivity contribution in [2.24, 2.45) is 0 Å². The van der Waals surface area contributed by atoms with Crippen LogP contribution in [-0.2, 0) is 0 Å². The Morgan fingerprint density at radius 2 is 0.844 bits per heavy atom. The number of para-hydroxylation sites is 1.